The molecule has 0 amide bonds. The van der Waals surface area contributed by atoms with Gasteiger partial charge in [0, 0.05) is 0 Å². The second-order valence-corrected chi connectivity index (χ2v) is 2.36. The third kappa shape index (κ3) is 4.31. The second kappa shape index (κ2) is 3.50. The highest BCUT2D eigenvalue weighted by atomic mass is 32.2. The van der Waals surface area contributed by atoms with Crippen molar-refractivity contribution in [3.05, 3.63) is 6.92 Å². The third-order valence-corrected chi connectivity index (χ3v) is 1.08. The zero-order valence-corrected chi connectivity index (χ0v) is 4.66. The van der Waals surface area contributed by atoms with Crippen LogP contribution in [0.25, 0.3) is 0 Å². The Morgan fingerprint density at radius 2 is 2.50 bits per heavy atom. The number of aliphatic hydroxyl groups excluding tert-OH is 1. The van der Waals surface area contributed by atoms with E-state index in [4.69, 9.17) is 5.11 Å². The topological polar surface area (TPSA) is 20.2 Å². The van der Waals surface area contributed by atoms with Crippen LogP contribution in [0.5, 0.6) is 0 Å². The van der Waals surface area contributed by atoms with E-state index in [0.29, 0.717) is 0 Å². The summed E-state index contributed by atoms with van der Waals surface area (Å²) in [6.45, 7) is 5.33. The molecule has 6 heavy (non-hydrogen) atoms. The lowest BCUT2D eigenvalue weighted by Crippen LogP contribution is -1.90. The van der Waals surface area contributed by atoms with Crippen molar-refractivity contribution in [1.82, 2.24) is 0 Å². The molecule has 1 N–H and O–H groups in total. The predicted molar refractivity (Wildman–Crippen MR) is 29.5 cm³/mol. The standard InChI is InChI=1S/C4H9OS/c1-3-6-4(2)5/h4-5H,2-3H2,1H3. The fourth-order valence-electron chi connectivity index (χ4n) is 0.192. The monoisotopic (exact) mass is 105 g/mol. The van der Waals surface area contributed by atoms with Crippen LogP contribution in [0.1, 0.15) is 6.92 Å². The molecule has 1 atom stereocenters. The lowest BCUT2D eigenvalue weighted by Gasteiger charge is -1.95. The summed E-state index contributed by atoms with van der Waals surface area (Å²) in [6.07, 6.45) is 0. The fraction of sp³-hybridized carbons (Fsp3) is 0.750. The van der Waals surface area contributed by atoms with Gasteiger partial charge in [-0.25, -0.2) is 0 Å². The van der Waals surface area contributed by atoms with Crippen molar-refractivity contribution < 1.29 is 5.11 Å². The van der Waals surface area contributed by atoms with Crippen LogP contribution in [0, 0.1) is 6.92 Å². The smallest absolute Gasteiger partial charge is 0.0993 e. The quantitative estimate of drug-likeness (QED) is 0.526. The maximum Gasteiger partial charge on any atom is 0.0993 e. The first-order valence-corrected chi connectivity index (χ1v) is 2.95. The van der Waals surface area contributed by atoms with Crippen molar-refractivity contribution >= 4 is 11.8 Å². The largest absolute Gasteiger partial charge is 0.382 e. The van der Waals surface area contributed by atoms with Crippen LogP contribution in [0.4, 0.5) is 0 Å². The van der Waals surface area contributed by atoms with E-state index in [2.05, 4.69) is 6.92 Å². The highest BCUT2D eigenvalue weighted by molar-refractivity contribution is 7.99. The van der Waals surface area contributed by atoms with Gasteiger partial charge < -0.3 is 5.11 Å². The summed E-state index contributed by atoms with van der Waals surface area (Å²) in [5.41, 5.74) is -0.435. The molecule has 0 aromatic rings. The van der Waals surface area contributed by atoms with Gasteiger partial charge in [-0.3, -0.25) is 0 Å². The first-order chi connectivity index (χ1) is 2.77. The van der Waals surface area contributed by atoms with Crippen LogP contribution in [-0.4, -0.2) is 16.3 Å². The van der Waals surface area contributed by atoms with E-state index in [1.807, 2.05) is 6.92 Å². The van der Waals surface area contributed by atoms with Crippen LogP contribution < -0.4 is 0 Å². The van der Waals surface area contributed by atoms with Gasteiger partial charge in [-0.15, -0.1) is 11.8 Å². The zero-order valence-electron chi connectivity index (χ0n) is 3.85. The minimum Gasteiger partial charge on any atom is -0.382 e. The molecule has 0 aromatic carbocycles. The molecule has 0 bridgehead atoms. The Labute approximate surface area is 42.8 Å². The number of aliphatic hydroxyl groups is 1. The molecule has 2 heteroatoms. The van der Waals surface area contributed by atoms with Gasteiger partial charge in [0.05, 0.1) is 5.44 Å². The molecule has 0 aliphatic carbocycles. The van der Waals surface area contributed by atoms with Crippen LogP contribution >= 0.6 is 11.8 Å². The van der Waals surface area contributed by atoms with Crippen molar-refractivity contribution in [3.63, 3.8) is 0 Å². The van der Waals surface area contributed by atoms with Crippen molar-refractivity contribution in [3.8, 4) is 0 Å². The zero-order chi connectivity index (χ0) is 4.99. The van der Waals surface area contributed by atoms with Gasteiger partial charge in [0.1, 0.15) is 0 Å². The van der Waals surface area contributed by atoms with Crippen LogP contribution in [0.15, 0.2) is 0 Å². The second-order valence-electron chi connectivity index (χ2n) is 0.910. The average molecular weight is 105 g/mol. The predicted octanol–water partition coefficient (Wildman–Crippen LogP) is 0.892. The molecule has 1 unspecified atom stereocenters. The molecule has 0 aliphatic rings. The van der Waals surface area contributed by atoms with Crippen LogP contribution in [-0.2, 0) is 0 Å². The summed E-state index contributed by atoms with van der Waals surface area (Å²) in [5.74, 6) is 0.935. The van der Waals surface area contributed by atoms with Gasteiger partial charge in [-0.2, -0.15) is 0 Å². The highest BCUT2D eigenvalue weighted by Crippen LogP contribution is 2.02. The van der Waals surface area contributed by atoms with E-state index >= 15 is 0 Å². The van der Waals surface area contributed by atoms with Gasteiger partial charge in [0.25, 0.3) is 0 Å². The first-order valence-electron chi connectivity index (χ1n) is 1.90. The summed E-state index contributed by atoms with van der Waals surface area (Å²) < 4.78 is 0. The Bertz CT molecular complexity index is 28.7. The van der Waals surface area contributed by atoms with Crippen molar-refractivity contribution in [2.45, 2.75) is 12.4 Å². The number of hydrogen-bond donors (Lipinski definition) is 1. The van der Waals surface area contributed by atoms with E-state index in [0.717, 1.165) is 5.75 Å². The van der Waals surface area contributed by atoms with Crippen LogP contribution in [0.3, 0.4) is 0 Å². The van der Waals surface area contributed by atoms with Gasteiger partial charge in [0.2, 0.25) is 0 Å². The first kappa shape index (κ1) is 6.31. The molecule has 0 aromatic heterocycles. The molecule has 0 saturated heterocycles. The minimum absolute atomic E-state index is 0.435. The fourth-order valence-corrected chi connectivity index (χ4v) is 0.577. The van der Waals surface area contributed by atoms with Crippen molar-refractivity contribution in [2.75, 3.05) is 5.75 Å². The van der Waals surface area contributed by atoms with Crippen molar-refractivity contribution in [2.24, 2.45) is 0 Å². The highest BCUT2D eigenvalue weighted by Gasteiger charge is 1.87. The SMILES string of the molecule is [CH2]C(O)SCC. The van der Waals surface area contributed by atoms with Gasteiger partial charge in [0.15, 0.2) is 0 Å². The van der Waals surface area contributed by atoms with Gasteiger partial charge in [-0.05, 0) is 12.7 Å². The number of thioether (sulfide) groups is 1. The number of rotatable bonds is 2. The minimum atomic E-state index is -0.435. The normalized spacial score (nSPS) is 14.5. The molecular weight excluding hydrogens is 96.1 g/mol. The van der Waals surface area contributed by atoms with E-state index in [9.17, 15) is 0 Å². The Hall–Kier alpha value is 0.310. The molecule has 0 aliphatic heterocycles. The lowest BCUT2D eigenvalue weighted by molar-refractivity contribution is 0.308. The van der Waals surface area contributed by atoms with Gasteiger partial charge >= 0.3 is 0 Å². The molecule has 1 nitrogen and oxygen atoms in total. The third-order valence-electron chi connectivity index (χ3n) is 0.359. The molecule has 0 saturated carbocycles. The number of hydrogen-bond acceptors (Lipinski definition) is 2. The van der Waals surface area contributed by atoms with E-state index in [1.165, 1.54) is 11.8 Å². The Morgan fingerprint density at radius 1 is 2.00 bits per heavy atom. The molecule has 37 valence electrons. The average Bonchev–Trinajstić information content (AvgIpc) is 1.35. The summed E-state index contributed by atoms with van der Waals surface area (Å²) in [6, 6.07) is 0. The molecule has 1 radical (unpaired) electrons. The van der Waals surface area contributed by atoms with Gasteiger partial charge in [-0.1, -0.05) is 6.92 Å². The van der Waals surface area contributed by atoms with E-state index in [1.54, 1.807) is 0 Å². The molecular formula is C4H9OS. The molecule has 0 heterocycles. The Kier molecular flexibility index (Phi) is 3.68. The summed E-state index contributed by atoms with van der Waals surface area (Å²) >= 11 is 1.43. The summed E-state index contributed by atoms with van der Waals surface area (Å²) in [4.78, 5) is 0. The lowest BCUT2D eigenvalue weighted by atomic mass is 10.9. The van der Waals surface area contributed by atoms with E-state index in [-0.39, 0.29) is 0 Å². The van der Waals surface area contributed by atoms with Crippen molar-refractivity contribution in [1.29, 1.82) is 0 Å². The maximum absolute atomic E-state index is 8.40. The molecule has 0 rings (SSSR count). The Balaban J connectivity index is 2.63. The molecule has 0 fully saturated rings. The summed E-state index contributed by atoms with van der Waals surface area (Å²) in [7, 11) is 0. The maximum atomic E-state index is 8.40. The van der Waals surface area contributed by atoms with Crippen LogP contribution in [0.2, 0.25) is 0 Å². The summed E-state index contributed by atoms with van der Waals surface area (Å²) in [5, 5.41) is 8.40. The van der Waals surface area contributed by atoms with E-state index < -0.39 is 5.44 Å². The molecule has 0 spiro atoms. The Morgan fingerprint density at radius 3 is 2.50 bits per heavy atom.